The maximum Gasteiger partial charge on any atom is 0.231 e. The van der Waals surface area contributed by atoms with E-state index < -0.39 is 0 Å². The minimum absolute atomic E-state index is 0.144. The van der Waals surface area contributed by atoms with Crippen LogP contribution >= 0.6 is 0 Å². The van der Waals surface area contributed by atoms with Crippen molar-refractivity contribution in [3.63, 3.8) is 0 Å². The van der Waals surface area contributed by atoms with E-state index in [1.165, 1.54) is 17.7 Å². The third kappa shape index (κ3) is 3.62. The number of benzene rings is 2. The van der Waals surface area contributed by atoms with E-state index in [0.29, 0.717) is 17.9 Å². The zero-order chi connectivity index (χ0) is 19.7. The van der Waals surface area contributed by atoms with E-state index in [4.69, 9.17) is 9.47 Å². The maximum atomic E-state index is 12.8. The molecule has 5 nitrogen and oxygen atoms in total. The highest BCUT2D eigenvalue weighted by molar-refractivity contribution is 6.14. The molecule has 1 fully saturated rings. The van der Waals surface area contributed by atoms with E-state index >= 15 is 0 Å². The van der Waals surface area contributed by atoms with Crippen molar-refractivity contribution in [2.24, 2.45) is 5.92 Å². The Hall–Kier alpha value is -2.79. The Labute approximate surface area is 165 Å². The first-order valence-corrected chi connectivity index (χ1v) is 9.82. The van der Waals surface area contributed by atoms with Crippen LogP contribution in [-0.4, -0.2) is 31.1 Å². The maximum absolute atomic E-state index is 12.8. The molecule has 0 aromatic heterocycles. The number of ether oxygens (including phenoxy) is 2. The third-order valence-corrected chi connectivity index (χ3v) is 5.74. The highest BCUT2D eigenvalue weighted by Crippen LogP contribution is 2.39. The zero-order valence-electron chi connectivity index (χ0n) is 16.3. The van der Waals surface area contributed by atoms with Gasteiger partial charge in [0.1, 0.15) is 18.0 Å². The van der Waals surface area contributed by atoms with Gasteiger partial charge in [-0.25, -0.2) is 0 Å². The lowest BCUT2D eigenvalue weighted by Gasteiger charge is -2.27. The molecule has 0 amide bonds. The number of phenolic OH excluding ortho intramolecular Hbond substituents is 1. The molecule has 2 aliphatic heterocycles. The highest BCUT2D eigenvalue weighted by atomic mass is 16.5. The molecule has 146 valence electrons. The van der Waals surface area contributed by atoms with Gasteiger partial charge in [0, 0.05) is 0 Å². The van der Waals surface area contributed by atoms with Crippen molar-refractivity contribution in [3.05, 3.63) is 58.8 Å². The molecule has 2 aliphatic rings. The van der Waals surface area contributed by atoms with Crippen molar-refractivity contribution in [3.8, 4) is 17.2 Å². The Bertz CT molecular complexity index is 909. The summed E-state index contributed by atoms with van der Waals surface area (Å²) in [5, 5.41) is 10.4. The quantitative estimate of drug-likeness (QED) is 0.801. The average molecular weight is 380 g/mol. The number of aromatic hydroxyl groups is 1. The van der Waals surface area contributed by atoms with Crippen LogP contribution in [0.15, 0.2) is 42.2 Å². The molecular formula is C23H26NO4+. The van der Waals surface area contributed by atoms with Crippen LogP contribution in [0.1, 0.15) is 41.3 Å². The minimum Gasteiger partial charge on any atom is -0.507 e. The first-order valence-electron chi connectivity index (χ1n) is 9.82. The number of Topliss-reactive ketones (excluding diaryl/α,β-unsaturated/α-hetero) is 1. The number of likely N-dealkylation sites (tertiary alicyclic amines) is 1. The fourth-order valence-electron chi connectivity index (χ4n) is 3.92. The SMILES string of the molecule is COc1ccc(/C=C2/Oc3c(ccc(O)c3C[NH+]3CCC(C)CC3)C2=O)cc1. The lowest BCUT2D eigenvalue weighted by molar-refractivity contribution is -0.919. The molecule has 2 aromatic rings. The van der Waals surface area contributed by atoms with Gasteiger partial charge in [-0.05, 0) is 54.7 Å². The summed E-state index contributed by atoms with van der Waals surface area (Å²) in [6.45, 7) is 5.11. The highest BCUT2D eigenvalue weighted by Gasteiger charge is 2.33. The normalized spacial score (nSPS) is 22.8. The Kier molecular flexibility index (Phi) is 5.09. The van der Waals surface area contributed by atoms with Gasteiger partial charge in [-0.1, -0.05) is 19.1 Å². The standard InChI is InChI=1S/C23H25NO4/c1-15-9-11-24(12-10-15)14-19-20(25)8-7-18-22(26)21(28-23(18)19)13-16-3-5-17(27-2)6-4-16/h3-8,13,15,25H,9-12,14H2,1-2H3/p+1/b21-13+. The van der Waals surface area contributed by atoms with Crippen LogP contribution in [0.5, 0.6) is 17.2 Å². The van der Waals surface area contributed by atoms with Crippen molar-refractivity contribution in [2.45, 2.75) is 26.3 Å². The topological polar surface area (TPSA) is 60.2 Å². The van der Waals surface area contributed by atoms with E-state index in [0.717, 1.165) is 35.9 Å². The van der Waals surface area contributed by atoms with Crippen LogP contribution in [0.3, 0.4) is 0 Å². The smallest absolute Gasteiger partial charge is 0.231 e. The first kappa shape index (κ1) is 18.6. The third-order valence-electron chi connectivity index (χ3n) is 5.74. The van der Waals surface area contributed by atoms with Gasteiger partial charge in [-0.2, -0.15) is 0 Å². The van der Waals surface area contributed by atoms with Crippen LogP contribution in [-0.2, 0) is 6.54 Å². The van der Waals surface area contributed by atoms with Crippen molar-refractivity contribution < 1.29 is 24.3 Å². The number of piperidine rings is 1. The Morgan fingerprint density at radius 3 is 2.57 bits per heavy atom. The summed E-state index contributed by atoms with van der Waals surface area (Å²) < 4.78 is 11.1. The summed E-state index contributed by atoms with van der Waals surface area (Å²) >= 11 is 0. The number of hydrogen-bond acceptors (Lipinski definition) is 4. The lowest BCUT2D eigenvalue weighted by atomic mass is 9.98. The number of phenols is 1. The van der Waals surface area contributed by atoms with Gasteiger partial charge >= 0.3 is 0 Å². The molecule has 2 aromatic carbocycles. The largest absolute Gasteiger partial charge is 0.507 e. The average Bonchev–Trinajstić information content (AvgIpc) is 3.02. The van der Waals surface area contributed by atoms with Gasteiger partial charge in [0.05, 0.1) is 31.3 Å². The van der Waals surface area contributed by atoms with Crippen LogP contribution in [0.2, 0.25) is 0 Å². The number of ketones is 1. The molecule has 2 heterocycles. The second kappa shape index (κ2) is 7.68. The number of carbonyl (C=O) groups excluding carboxylic acids is 1. The molecule has 0 atom stereocenters. The number of fused-ring (bicyclic) bond motifs is 1. The molecular weight excluding hydrogens is 354 g/mol. The zero-order valence-corrected chi connectivity index (χ0v) is 16.3. The summed E-state index contributed by atoms with van der Waals surface area (Å²) in [6, 6.07) is 10.7. The van der Waals surface area contributed by atoms with Gasteiger partial charge in [0.2, 0.25) is 5.78 Å². The minimum atomic E-state index is -0.144. The summed E-state index contributed by atoms with van der Waals surface area (Å²) in [7, 11) is 1.62. The van der Waals surface area contributed by atoms with Crippen molar-refractivity contribution in [1.82, 2.24) is 0 Å². The number of nitrogens with one attached hydrogen (secondary N) is 1. The van der Waals surface area contributed by atoms with E-state index in [2.05, 4.69) is 6.92 Å². The molecule has 0 radical (unpaired) electrons. The first-order chi connectivity index (χ1) is 13.5. The lowest BCUT2D eigenvalue weighted by Crippen LogP contribution is -3.11. The van der Waals surface area contributed by atoms with Crippen molar-refractivity contribution in [1.29, 1.82) is 0 Å². The molecule has 0 spiro atoms. The van der Waals surface area contributed by atoms with E-state index in [1.807, 2.05) is 24.3 Å². The molecule has 28 heavy (non-hydrogen) atoms. The summed E-state index contributed by atoms with van der Waals surface area (Å²) in [4.78, 5) is 14.2. The summed E-state index contributed by atoms with van der Waals surface area (Å²) in [5.41, 5.74) is 2.12. The Morgan fingerprint density at radius 1 is 1.18 bits per heavy atom. The van der Waals surface area contributed by atoms with E-state index in [-0.39, 0.29) is 17.3 Å². The van der Waals surface area contributed by atoms with Gasteiger partial charge < -0.3 is 19.5 Å². The van der Waals surface area contributed by atoms with Gasteiger partial charge in [-0.3, -0.25) is 4.79 Å². The Balaban J connectivity index is 1.60. The van der Waals surface area contributed by atoms with Crippen molar-refractivity contribution in [2.75, 3.05) is 20.2 Å². The van der Waals surface area contributed by atoms with Crippen molar-refractivity contribution >= 4 is 11.9 Å². The summed E-state index contributed by atoms with van der Waals surface area (Å²) in [5.74, 6) is 2.37. The number of rotatable bonds is 4. The number of hydrogen-bond donors (Lipinski definition) is 2. The second-order valence-electron chi connectivity index (χ2n) is 7.76. The van der Waals surface area contributed by atoms with Crippen LogP contribution in [0.25, 0.3) is 6.08 Å². The van der Waals surface area contributed by atoms with Gasteiger partial charge in [0.25, 0.3) is 0 Å². The van der Waals surface area contributed by atoms with Gasteiger partial charge in [0.15, 0.2) is 11.5 Å². The molecule has 1 saturated heterocycles. The van der Waals surface area contributed by atoms with E-state index in [9.17, 15) is 9.90 Å². The van der Waals surface area contributed by atoms with Crippen LogP contribution in [0.4, 0.5) is 0 Å². The Morgan fingerprint density at radius 2 is 1.89 bits per heavy atom. The predicted octanol–water partition coefficient (Wildman–Crippen LogP) is 2.83. The molecule has 4 rings (SSSR count). The summed E-state index contributed by atoms with van der Waals surface area (Å²) in [6.07, 6.45) is 4.11. The molecule has 5 heteroatoms. The van der Waals surface area contributed by atoms with Crippen LogP contribution in [0, 0.1) is 5.92 Å². The number of methoxy groups -OCH3 is 1. The number of allylic oxidation sites excluding steroid dienone is 1. The fourth-order valence-corrected chi connectivity index (χ4v) is 3.92. The van der Waals surface area contributed by atoms with Crippen LogP contribution < -0.4 is 14.4 Å². The fraction of sp³-hybridized carbons (Fsp3) is 0.348. The van der Waals surface area contributed by atoms with Gasteiger partial charge in [-0.15, -0.1) is 0 Å². The number of quaternary nitrogens is 1. The molecule has 2 N–H and O–H groups in total. The monoisotopic (exact) mass is 380 g/mol. The second-order valence-corrected chi connectivity index (χ2v) is 7.76. The number of carbonyl (C=O) groups is 1. The molecule has 0 aliphatic carbocycles. The molecule has 0 unspecified atom stereocenters. The predicted molar refractivity (Wildman–Crippen MR) is 107 cm³/mol. The molecule has 0 bridgehead atoms. The van der Waals surface area contributed by atoms with E-state index in [1.54, 1.807) is 25.3 Å². The molecule has 0 saturated carbocycles.